The second kappa shape index (κ2) is 4.81. The topological polar surface area (TPSA) is 61.4 Å². The maximum absolute atomic E-state index is 13.1. The molecule has 3 rings (SSSR count). The molecule has 4 nitrogen and oxygen atoms in total. The van der Waals surface area contributed by atoms with E-state index in [9.17, 15) is 14.3 Å². The number of phenols is 1. The molecule has 3 N–H and O–H groups in total. The standard InChI is InChI=1S/C14H17FN2O2/c15-8-1-4-13(18)12(5-8)14(19)17-11-6-9-2-3-10(7-11)16-9/h1,4-5,9-11,16,18H,2-3,6-7H2,(H,17,19). The van der Waals surface area contributed by atoms with Gasteiger partial charge in [-0.1, -0.05) is 0 Å². The van der Waals surface area contributed by atoms with Gasteiger partial charge in [0.1, 0.15) is 11.6 Å². The maximum atomic E-state index is 13.1. The quantitative estimate of drug-likeness (QED) is 0.759. The molecule has 0 spiro atoms. The number of amides is 1. The summed E-state index contributed by atoms with van der Waals surface area (Å²) < 4.78 is 13.1. The van der Waals surface area contributed by atoms with Gasteiger partial charge in [0.2, 0.25) is 0 Å². The van der Waals surface area contributed by atoms with Gasteiger partial charge in [-0.15, -0.1) is 0 Å². The van der Waals surface area contributed by atoms with Crippen LogP contribution in [-0.2, 0) is 0 Å². The number of fused-ring (bicyclic) bond motifs is 2. The van der Waals surface area contributed by atoms with E-state index in [2.05, 4.69) is 10.6 Å². The van der Waals surface area contributed by atoms with Gasteiger partial charge >= 0.3 is 0 Å². The molecule has 2 aliphatic heterocycles. The molecule has 19 heavy (non-hydrogen) atoms. The van der Waals surface area contributed by atoms with Crippen LogP contribution < -0.4 is 10.6 Å². The summed E-state index contributed by atoms with van der Waals surface area (Å²) in [5.41, 5.74) is 0.00544. The van der Waals surface area contributed by atoms with Crippen LogP contribution in [0.15, 0.2) is 18.2 Å². The number of piperidine rings is 1. The van der Waals surface area contributed by atoms with E-state index in [1.807, 2.05) is 0 Å². The van der Waals surface area contributed by atoms with Crippen molar-refractivity contribution in [1.29, 1.82) is 0 Å². The Balaban J connectivity index is 1.69. The molecule has 5 heteroatoms. The van der Waals surface area contributed by atoms with Gasteiger partial charge in [0.15, 0.2) is 0 Å². The number of rotatable bonds is 2. The van der Waals surface area contributed by atoms with E-state index in [1.165, 1.54) is 6.07 Å². The Hall–Kier alpha value is -1.62. The van der Waals surface area contributed by atoms with Gasteiger partial charge in [-0.25, -0.2) is 4.39 Å². The smallest absolute Gasteiger partial charge is 0.255 e. The zero-order valence-electron chi connectivity index (χ0n) is 10.5. The van der Waals surface area contributed by atoms with Crippen LogP contribution in [0.25, 0.3) is 0 Å². The fraction of sp³-hybridized carbons (Fsp3) is 0.500. The molecular formula is C14H17FN2O2. The molecule has 1 aromatic carbocycles. The summed E-state index contributed by atoms with van der Waals surface area (Å²) in [5.74, 6) is -1.10. The highest BCUT2D eigenvalue weighted by Crippen LogP contribution is 2.27. The number of benzene rings is 1. The van der Waals surface area contributed by atoms with E-state index in [-0.39, 0.29) is 17.4 Å². The van der Waals surface area contributed by atoms with Crippen LogP contribution in [0.2, 0.25) is 0 Å². The first kappa shape index (κ1) is 12.4. The summed E-state index contributed by atoms with van der Waals surface area (Å²) in [5, 5.41) is 16.0. The van der Waals surface area contributed by atoms with Crippen LogP contribution in [0.3, 0.4) is 0 Å². The lowest BCUT2D eigenvalue weighted by Gasteiger charge is -2.29. The lowest BCUT2D eigenvalue weighted by Crippen LogP contribution is -2.48. The van der Waals surface area contributed by atoms with Gasteiger partial charge in [-0.2, -0.15) is 0 Å². The highest BCUT2D eigenvalue weighted by molar-refractivity contribution is 5.97. The number of nitrogens with one attached hydrogen (secondary N) is 2. The highest BCUT2D eigenvalue weighted by Gasteiger charge is 2.34. The van der Waals surface area contributed by atoms with Crippen molar-refractivity contribution < 1.29 is 14.3 Å². The van der Waals surface area contributed by atoms with Crippen LogP contribution in [0, 0.1) is 5.82 Å². The zero-order valence-corrected chi connectivity index (χ0v) is 10.5. The van der Waals surface area contributed by atoms with E-state index in [4.69, 9.17) is 0 Å². The third-order valence-electron chi connectivity index (χ3n) is 4.01. The molecule has 0 aromatic heterocycles. The normalized spacial score (nSPS) is 29.2. The van der Waals surface area contributed by atoms with Crippen molar-refractivity contribution in [3.8, 4) is 5.75 Å². The molecule has 2 atom stereocenters. The molecule has 102 valence electrons. The number of carbonyl (C=O) groups is 1. The number of aromatic hydroxyl groups is 1. The molecule has 2 fully saturated rings. The summed E-state index contributed by atoms with van der Waals surface area (Å²) in [6, 6.07) is 4.47. The summed E-state index contributed by atoms with van der Waals surface area (Å²) in [6.45, 7) is 0. The van der Waals surface area contributed by atoms with Gasteiger partial charge < -0.3 is 15.7 Å². The first-order valence-corrected chi connectivity index (χ1v) is 6.67. The molecule has 0 aliphatic carbocycles. The Morgan fingerprint density at radius 3 is 2.68 bits per heavy atom. The van der Waals surface area contributed by atoms with Crippen LogP contribution >= 0.6 is 0 Å². The predicted molar refractivity (Wildman–Crippen MR) is 68.5 cm³/mol. The Morgan fingerprint density at radius 1 is 1.32 bits per heavy atom. The number of hydrogen-bond acceptors (Lipinski definition) is 3. The fourth-order valence-electron chi connectivity index (χ4n) is 3.13. The van der Waals surface area contributed by atoms with Crippen molar-refractivity contribution in [2.75, 3.05) is 0 Å². The molecule has 1 aromatic rings. The third kappa shape index (κ3) is 2.56. The van der Waals surface area contributed by atoms with Crippen molar-refractivity contribution in [1.82, 2.24) is 10.6 Å². The second-order valence-corrected chi connectivity index (χ2v) is 5.44. The summed E-state index contributed by atoms with van der Waals surface area (Å²) in [7, 11) is 0. The Kier molecular flexibility index (Phi) is 3.14. The van der Waals surface area contributed by atoms with Gasteiger partial charge in [-0.05, 0) is 43.9 Å². The first-order chi connectivity index (χ1) is 9.11. The second-order valence-electron chi connectivity index (χ2n) is 5.44. The Morgan fingerprint density at radius 2 is 2.00 bits per heavy atom. The van der Waals surface area contributed by atoms with E-state index in [1.54, 1.807) is 0 Å². The summed E-state index contributed by atoms with van der Waals surface area (Å²) in [4.78, 5) is 12.1. The van der Waals surface area contributed by atoms with Crippen molar-refractivity contribution in [2.24, 2.45) is 0 Å². The monoisotopic (exact) mass is 264 g/mol. The number of hydrogen-bond donors (Lipinski definition) is 3. The minimum atomic E-state index is -0.520. The van der Waals surface area contributed by atoms with Crippen molar-refractivity contribution in [3.63, 3.8) is 0 Å². The highest BCUT2D eigenvalue weighted by atomic mass is 19.1. The van der Waals surface area contributed by atoms with Crippen LogP contribution in [0.5, 0.6) is 5.75 Å². The van der Waals surface area contributed by atoms with Crippen molar-refractivity contribution in [2.45, 2.75) is 43.8 Å². The van der Waals surface area contributed by atoms with Gasteiger partial charge in [0, 0.05) is 18.1 Å². The molecular weight excluding hydrogens is 247 g/mol. The molecule has 2 heterocycles. The number of phenolic OH excluding ortho intramolecular Hbond substituents is 1. The summed E-state index contributed by atoms with van der Waals surface area (Å²) >= 11 is 0. The van der Waals surface area contributed by atoms with E-state index in [0.29, 0.717) is 12.1 Å². The lowest BCUT2D eigenvalue weighted by molar-refractivity contribution is 0.0921. The number of carbonyl (C=O) groups excluding carboxylic acids is 1. The minimum absolute atomic E-state index is 0.00544. The average molecular weight is 264 g/mol. The van der Waals surface area contributed by atoms with E-state index in [0.717, 1.165) is 37.8 Å². The van der Waals surface area contributed by atoms with Crippen molar-refractivity contribution >= 4 is 5.91 Å². The van der Waals surface area contributed by atoms with E-state index >= 15 is 0 Å². The molecule has 0 saturated carbocycles. The van der Waals surface area contributed by atoms with Crippen LogP contribution in [0.1, 0.15) is 36.0 Å². The third-order valence-corrected chi connectivity index (χ3v) is 4.01. The van der Waals surface area contributed by atoms with Crippen molar-refractivity contribution in [3.05, 3.63) is 29.6 Å². The largest absolute Gasteiger partial charge is 0.507 e. The van der Waals surface area contributed by atoms with Crippen LogP contribution in [-0.4, -0.2) is 29.1 Å². The zero-order chi connectivity index (χ0) is 13.4. The molecule has 1 amide bonds. The first-order valence-electron chi connectivity index (χ1n) is 6.67. The Bertz CT molecular complexity index is 494. The SMILES string of the molecule is O=C(NC1CC2CCC(C1)N2)c1cc(F)ccc1O. The Labute approximate surface area is 111 Å². The minimum Gasteiger partial charge on any atom is -0.507 e. The van der Waals surface area contributed by atoms with Gasteiger partial charge in [0.25, 0.3) is 5.91 Å². The van der Waals surface area contributed by atoms with Crippen LogP contribution in [0.4, 0.5) is 4.39 Å². The maximum Gasteiger partial charge on any atom is 0.255 e. The molecule has 2 bridgehead atoms. The van der Waals surface area contributed by atoms with Gasteiger partial charge in [0.05, 0.1) is 5.56 Å². The average Bonchev–Trinajstić information content (AvgIpc) is 2.71. The summed E-state index contributed by atoms with van der Waals surface area (Å²) in [6.07, 6.45) is 4.11. The molecule has 0 radical (unpaired) electrons. The number of halogens is 1. The fourth-order valence-corrected chi connectivity index (χ4v) is 3.13. The molecule has 2 saturated heterocycles. The predicted octanol–water partition coefficient (Wildman–Crippen LogP) is 1.54. The lowest BCUT2D eigenvalue weighted by atomic mass is 9.99. The molecule has 2 aliphatic rings. The van der Waals surface area contributed by atoms with Gasteiger partial charge in [-0.3, -0.25) is 4.79 Å². The molecule has 2 unspecified atom stereocenters. The van der Waals surface area contributed by atoms with E-state index < -0.39 is 11.7 Å².